The van der Waals surface area contributed by atoms with Crippen molar-refractivity contribution >= 4 is 5.78 Å². The van der Waals surface area contributed by atoms with E-state index in [4.69, 9.17) is 9.47 Å². The molecule has 0 aromatic rings. The van der Waals surface area contributed by atoms with E-state index in [-0.39, 0.29) is 17.8 Å². The number of carbonyl (C=O) groups is 1. The van der Waals surface area contributed by atoms with Gasteiger partial charge in [0.15, 0.2) is 12.1 Å². The van der Waals surface area contributed by atoms with Crippen molar-refractivity contribution in [1.29, 1.82) is 0 Å². The van der Waals surface area contributed by atoms with Crippen LogP contribution in [0, 0.1) is 5.41 Å². The van der Waals surface area contributed by atoms with Gasteiger partial charge in [0.25, 0.3) is 0 Å². The Bertz CT molecular complexity index is 627. The standard InChI is InChI=1S/C19H30O9/c1-10(27-17-16(25)15(24)14(23)13(9-21)28-17)4-5-19(26)11(8-20)6-12(22)7-18(19,2)3/h4-6,10,13-17,20-21,23-26H,7-9H2,1-3H3/b5-4+/t10-,13?,14?,15?,16?,17?,19+/m1/s1. The Morgan fingerprint density at radius 2 is 1.89 bits per heavy atom. The van der Waals surface area contributed by atoms with E-state index in [9.17, 15) is 35.4 Å². The SMILES string of the molecule is C[C@H](/C=C/[C@]1(O)C(CO)=CC(=O)CC1(C)C)OC1OC(CO)C(O)C(O)C1O. The molecule has 2 aliphatic rings. The maximum Gasteiger partial charge on any atom is 0.187 e. The van der Waals surface area contributed by atoms with Crippen molar-refractivity contribution < 1.29 is 44.9 Å². The van der Waals surface area contributed by atoms with Crippen LogP contribution < -0.4 is 0 Å². The summed E-state index contributed by atoms with van der Waals surface area (Å²) in [4.78, 5) is 11.8. The van der Waals surface area contributed by atoms with Crippen LogP contribution >= 0.6 is 0 Å². The van der Waals surface area contributed by atoms with Crippen LogP contribution in [0.5, 0.6) is 0 Å². The summed E-state index contributed by atoms with van der Waals surface area (Å²) in [5.74, 6) is -0.183. The van der Waals surface area contributed by atoms with Crippen molar-refractivity contribution in [2.45, 2.75) is 69.6 Å². The lowest BCUT2D eigenvalue weighted by Crippen LogP contribution is -2.59. The molecular weight excluding hydrogens is 372 g/mol. The predicted octanol–water partition coefficient (Wildman–Crippen LogP) is -1.60. The molecule has 2 rings (SSSR count). The topological polar surface area (TPSA) is 157 Å². The van der Waals surface area contributed by atoms with Crippen LogP contribution in [0.25, 0.3) is 0 Å². The minimum absolute atomic E-state index is 0.0965. The number of ether oxygens (including phenoxy) is 2. The predicted molar refractivity (Wildman–Crippen MR) is 97.0 cm³/mol. The third kappa shape index (κ3) is 4.37. The van der Waals surface area contributed by atoms with Crippen molar-refractivity contribution in [2.75, 3.05) is 13.2 Å². The number of aliphatic hydroxyl groups excluding tert-OH is 5. The molecule has 0 amide bonds. The van der Waals surface area contributed by atoms with E-state index in [0.29, 0.717) is 0 Å². The first kappa shape index (κ1) is 23.1. The monoisotopic (exact) mass is 402 g/mol. The van der Waals surface area contributed by atoms with Gasteiger partial charge >= 0.3 is 0 Å². The first-order chi connectivity index (χ1) is 13.0. The Balaban J connectivity index is 2.15. The summed E-state index contributed by atoms with van der Waals surface area (Å²) < 4.78 is 10.8. The molecule has 1 aliphatic heterocycles. The largest absolute Gasteiger partial charge is 0.394 e. The number of allylic oxidation sites excluding steroid dienone is 1. The fourth-order valence-electron chi connectivity index (χ4n) is 3.57. The first-order valence-electron chi connectivity index (χ1n) is 9.19. The lowest BCUT2D eigenvalue weighted by Gasteiger charge is -2.44. The summed E-state index contributed by atoms with van der Waals surface area (Å²) in [6.07, 6.45) is -3.43. The molecule has 0 aromatic heterocycles. The van der Waals surface area contributed by atoms with Gasteiger partial charge in [-0.05, 0) is 24.6 Å². The Labute approximate surface area is 163 Å². The highest BCUT2D eigenvalue weighted by atomic mass is 16.7. The van der Waals surface area contributed by atoms with Gasteiger partial charge in [-0.25, -0.2) is 0 Å². The van der Waals surface area contributed by atoms with E-state index in [1.54, 1.807) is 20.8 Å². The second-order valence-corrected chi connectivity index (χ2v) is 8.02. The molecular formula is C19H30O9. The molecule has 9 nitrogen and oxygen atoms in total. The van der Waals surface area contributed by atoms with Crippen molar-refractivity contribution in [3.63, 3.8) is 0 Å². The van der Waals surface area contributed by atoms with Gasteiger partial charge in [0.1, 0.15) is 30.0 Å². The highest BCUT2D eigenvalue weighted by molar-refractivity contribution is 5.93. The molecule has 1 aliphatic carbocycles. The van der Waals surface area contributed by atoms with Gasteiger partial charge in [-0.3, -0.25) is 4.79 Å². The Hall–Kier alpha value is -1.17. The lowest BCUT2D eigenvalue weighted by atomic mass is 9.64. The second kappa shape index (κ2) is 8.68. The van der Waals surface area contributed by atoms with E-state index in [2.05, 4.69) is 0 Å². The van der Waals surface area contributed by atoms with Crippen LogP contribution in [0.3, 0.4) is 0 Å². The Morgan fingerprint density at radius 3 is 2.46 bits per heavy atom. The van der Waals surface area contributed by atoms with E-state index in [1.165, 1.54) is 18.2 Å². The first-order valence-corrected chi connectivity index (χ1v) is 9.19. The van der Waals surface area contributed by atoms with Crippen LogP contribution in [0.4, 0.5) is 0 Å². The van der Waals surface area contributed by atoms with Crippen LogP contribution in [-0.4, -0.2) is 92.0 Å². The molecule has 7 atom stereocenters. The smallest absolute Gasteiger partial charge is 0.187 e. The molecule has 0 saturated carbocycles. The highest BCUT2D eigenvalue weighted by Crippen LogP contribution is 2.44. The van der Waals surface area contributed by atoms with Crippen LogP contribution in [0.2, 0.25) is 0 Å². The minimum Gasteiger partial charge on any atom is -0.394 e. The van der Waals surface area contributed by atoms with Gasteiger partial charge < -0.3 is 40.1 Å². The molecule has 9 heteroatoms. The van der Waals surface area contributed by atoms with Gasteiger partial charge in [0, 0.05) is 11.8 Å². The molecule has 1 heterocycles. The summed E-state index contributed by atoms with van der Waals surface area (Å²) in [6, 6.07) is 0. The average molecular weight is 402 g/mol. The molecule has 0 spiro atoms. The molecule has 0 aromatic carbocycles. The highest BCUT2D eigenvalue weighted by Gasteiger charge is 2.48. The normalized spacial score (nSPS) is 39.8. The summed E-state index contributed by atoms with van der Waals surface area (Å²) in [5, 5.41) is 59.6. The zero-order chi connectivity index (χ0) is 21.3. The maximum absolute atomic E-state index is 11.8. The van der Waals surface area contributed by atoms with Gasteiger partial charge in [-0.15, -0.1) is 0 Å². The zero-order valence-electron chi connectivity index (χ0n) is 16.2. The molecule has 0 bridgehead atoms. The fraction of sp³-hybridized carbons (Fsp3) is 0.737. The van der Waals surface area contributed by atoms with Gasteiger partial charge in [-0.2, -0.15) is 0 Å². The van der Waals surface area contributed by atoms with E-state index in [1.807, 2.05) is 0 Å². The molecule has 6 N–H and O–H groups in total. The van der Waals surface area contributed by atoms with E-state index < -0.39 is 61.0 Å². The average Bonchev–Trinajstić information content (AvgIpc) is 2.63. The molecule has 5 unspecified atom stereocenters. The molecule has 160 valence electrons. The molecule has 0 radical (unpaired) electrons. The molecule has 1 fully saturated rings. The van der Waals surface area contributed by atoms with Crippen molar-refractivity contribution in [1.82, 2.24) is 0 Å². The maximum atomic E-state index is 11.8. The zero-order valence-corrected chi connectivity index (χ0v) is 16.2. The van der Waals surface area contributed by atoms with Crippen molar-refractivity contribution in [2.24, 2.45) is 5.41 Å². The van der Waals surface area contributed by atoms with Crippen molar-refractivity contribution in [3.05, 3.63) is 23.8 Å². The number of rotatable bonds is 6. The summed E-state index contributed by atoms with van der Waals surface area (Å²) in [7, 11) is 0. The van der Waals surface area contributed by atoms with E-state index in [0.717, 1.165) is 0 Å². The quantitative estimate of drug-likeness (QED) is 0.288. The third-order valence-corrected chi connectivity index (χ3v) is 5.45. The number of hydrogen-bond acceptors (Lipinski definition) is 9. The number of aliphatic hydroxyl groups is 6. The number of carbonyl (C=O) groups excluding carboxylic acids is 1. The summed E-state index contributed by atoms with van der Waals surface area (Å²) in [5.41, 5.74) is -2.27. The van der Waals surface area contributed by atoms with Gasteiger partial charge in [-0.1, -0.05) is 19.9 Å². The number of hydrogen-bond donors (Lipinski definition) is 6. The lowest BCUT2D eigenvalue weighted by molar-refractivity contribution is -0.306. The van der Waals surface area contributed by atoms with Crippen LogP contribution in [-0.2, 0) is 14.3 Å². The summed E-state index contributed by atoms with van der Waals surface area (Å²) >= 11 is 0. The Morgan fingerprint density at radius 1 is 1.25 bits per heavy atom. The molecule has 1 saturated heterocycles. The number of ketones is 1. The van der Waals surface area contributed by atoms with Gasteiger partial charge in [0.2, 0.25) is 0 Å². The Kier molecular flexibility index (Phi) is 7.17. The molecule has 28 heavy (non-hydrogen) atoms. The fourth-order valence-corrected chi connectivity index (χ4v) is 3.57. The van der Waals surface area contributed by atoms with Crippen LogP contribution in [0.1, 0.15) is 27.2 Å². The summed E-state index contributed by atoms with van der Waals surface area (Å²) in [6.45, 7) is 3.96. The van der Waals surface area contributed by atoms with Crippen molar-refractivity contribution in [3.8, 4) is 0 Å². The van der Waals surface area contributed by atoms with E-state index >= 15 is 0 Å². The second-order valence-electron chi connectivity index (χ2n) is 8.02. The van der Waals surface area contributed by atoms with Gasteiger partial charge in [0.05, 0.1) is 19.3 Å². The minimum atomic E-state index is -1.58. The van der Waals surface area contributed by atoms with Crippen LogP contribution in [0.15, 0.2) is 23.8 Å². The third-order valence-electron chi connectivity index (χ3n) is 5.45.